The Balaban J connectivity index is 1.74. The van der Waals surface area contributed by atoms with Gasteiger partial charge in [0.1, 0.15) is 0 Å². The van der Waals surface area contributed by atoms with Crippen LogP contribution in [0.4, 0.5) is 5.69 Å². The van der Waals surface area contributed by atoms with Gasteiger partial charge < -0.3 is 9.32 Å². The number of pyridine rings is 1. The minimum absolute atomic E-state index is 0.00387. The van der Waals surface area contributed by atoms with Gasteiger partial charge in [0.05, 0.1) is 5.25 Å². The van der Waals surface area contributed by atoms with Crippen molar-refractivity contribution in [3.8, 4) is 0 Å². The lowest BCUT2D eigenvalue weighted by Crippen LogP contribution is -2.33. The van der Waals surface area contributed by atoms with E-state index in [1.807, 2.05) is 44.2 Å². The number of amides is 1. The van der Waals surface area contributed by atoms with E-state index >= 15 is 0 Å². The lowest BCUT2D eigenvalue weighted by Gasteiger charge is -2.20. The molecular formula is C17H17N3O2S. The Kier molecular flexibility index (Phi) is 4.34. The van der Waals surface area contributed by atoms with Crippen molar-refractivity contribution in [1.29, 1.82) is 0 Å². The maximum Gasteiger partial charge on any atom is 0.259 e. The molecule has 3 rings (SSSR count). The number of thioether (sulfide) groups is 1. The van der Waals surface area contributed by atoms with Crippen molar-refractivity contribution in [1.82, 2.24) is 9.97 Å². The molecule has 1 amide bonds. The van der Waals surface area contributed by atoms with Crippen molar-refractivity contribution in [3.05, 3.63) is 48.2 Å². The van der Waals surface area contributed by atoms with Crippen molar-refractivity contribution in [2.75, 3.05) is 11.9 Å². The second kappa shape index (κ2) is 6.42. The number of hydrogen-bond acceptors (Lipinski definition) is 5. The second-order valence-electron chi connectivity index (χ2n) is 5.30. The van der Waals surface area contributed by atoms with Gasteiger partial charge >= 0.3 is 0 Å². The van der Waals surface area contributed by atoms with Gasteiger partial charge in [0.25, 0.3) is 5.22 Å². The van der Waals surface area contributed by atoms with Crippen LogP contribution in [-0.4, -0.2) is 28.2 Å². The SMILES string of the molecule is Cc1cccc(N(C)C(=O)C(C)Sc2nc3ncccc3o2)c1. The Morgan fingerprint density at radius 3 is 2.87 bits per heavy atom. The van der Waals surface area contributed by atoms with Crippen LogP contribution >= 0.6 is 11.8 Å². The van der Waals surface area contributed by atoms with Crippen LogP contribution in [0, 0.1) is 6.92 Å². The molecule has 0 aliphatic rings. The van der Waals surface area contributed by atoms with Gasteiger partial charge in [-0.1, -0.05) is 23.9 Å². The third kappa shape index (κ3) is 3.37. The Bertz CT molecular complexity index is 813. The normalized spacial score (nSPS) is 12.3. The first kappa shape index (κ1) is 15.6. The van der Waals surface area contributed by atoms with E-state index in [4.69, 9.17) is 4.42 Å². The van der Waals surface area contributed by atoms with E-state index in [0.717, 1.165) is 11.3 Å². The van der Waals surface area contributed by atoms with Crippen LogP contribution in [0.25, 0.3) is 11.2 Å². The molecule has 2 heterocycles. The summed E-state index contributed by atoms with van der Waals surface area (Å²) >= 11 is 1.30. The average molecular weight is 327 g/mol. The highest BCUT2D eigenvalue weighted by molar-refractivity contribution is 8.00. The minimum Gasteiger partial charge on any atom is -0.430 e. The quantitative estimate of drug-likeness (QED) is 0.684. The summed E-state index contributed by atoms with van der Waals surface area (Å²) in [5.41, 5.74) is 3.18. The summed E-state index contributed by atoms with van der Waals surface area (Å²) in [5, 5.41) is 0.144. The molecule has 0 aliphatic heterocycles. The Morgan fingerprint density at radius 2 is 2.13 bits per heavy atom. The van der Waals surface area contributed by atoms with Gasteiger partial charge in [-0.05, 0) is 43.7 Å². The largest absolute Gasteiger partial charge is 0.430 e. The highest BCUT2D eigenvalue weighted by Gasteiger charge is 2.22. The predicted molar refractivity (Wildman–Crippen MR) is 91.7 cm³/mol. The number of carbonyl (C=O) groups is 1. The highest BCUT2D eigenvalue weighted by atomic mass is 32.2. The zero-order chi connectivity index (χ0) is 16.4. The number of oxazole rings is 1. The molecule has 118 valence electrons. The molecule has 1 aromatic carbocycles. The van der Waals surface area contributed by atoms with Gasteiger partial charge in [0.15, 0.2) is 11.2 Å². The summed E-state index contributed by atoms with van der Waals surface area (Å²) in [6.45, 7) is 3.85. The van der Waals surface area contributed by atoms with Crippen LogP contribution < -0.4 is 4.90 Å². The summed E-state index contributed by atoms with van der Waals surface area (Å²) in [7, 11) is 1.78. The number of fused-ring (bicyclic) bond motifs is 1. The summed E-state index contributed by atoms with van der Waals surface area (Å²) in [6.07, 6.45) is 1.67. The topological polar surface area (TPSA) is 59.2 Å². The van der Waals surface area contributed by atoms with Gasteiger partial charge in [-0.3, -0.25) is 4.79 Å². The third-order valence-corrected chi connectivity index (χ3v) is 4.42. The first-order chi connectivity index (χ1) is 11.0. The fraction of sp³-hybridized carbons (Fsp3) is 0.235. The van der Waals surface area contributed by atoms with Gasteiger partial charge in [-0.2, -0.15) is 4.98 Å². The van der Waals surface area contributed by atoms with Crippen molar-refractivity contribution in [2.45, 2.75) is 24.3 Å². The lowest BCUT2D eigenvalue weighted by molar-refractivity contribution is -0.117. The van der Waals surface area contributed by atoms with Crippen molar-refractivity contribution < 1.29 is 9.21 Å². The predicted octanol–water partition coefficient (Wildman–Crippen LogP) is 3.67. The average Bonchev–Trinajstić information content (AvgIpc) is 2.95. The Labute approximate surface area is 138 Å². The van der Waals surface area contributed by atoms with Crippen molar-refractivity contribution in [3.63, 3.8) is 0 Å². The van der Waals surface area contributed by atoms with E-state index in [-0.39, 0.29) is 11.2 Å². The van der Waals surface area contributed by atoms with Crippen LogP contribution in [0.5, 0.6) is 0 Å². The summed E-state index contributed by atoms with van der Waals surface area (Å²) in [5.74, 6) is -0.00387. The number of nitrogens with zero attached hydrogens (tertiary/aromatic N) is 3. The Morgan fingerprint density at radius 1 is 1.30 bits per heavy atom. The molecule has 0 N–H and O–H groups in total. The first-order valence-corrected chi connectivity index (χ1v) is 8.15. The van der Waals surface area contributed by atoms with Crippen molar-refractivity contribution in [2.24, 2.45) is 0 Å². The van der Waals surface area contributed by atoms with Crippen LogP contribution in [0.1, 0.15) is 12.5 Å². The van der Waals surface area contributed by atoms with Crippen molar-refractivity contribution >= 4 is 34.6 Å². The van der Waals surface area contributed by atoms with Crippen LogP contribution in [0.3, 0.4) is 0 Å². The van der Waals surface area contributed by atoms with Gasteiger partial charge in [0, 0.05) is 18.9 Å². The Hall–Kier alpha value is -2.34. The number of benzene rings is 1. The molecule has 0 fully saturated rings. The smallest absolute Gasteiger partial charge is 0.259 e. The molecule has 6 heteroatoms. The molecule has 0 spiro atoms. The van der Waals surface area contributed by atoms with E-state index in [1.165, 1.54) is 11.8 Å². The molecular weight excluding hydrogens is 310 g/mol. The summed E-state index contributed by atoms with van der Waals surface area (Å²) < 4.78 is 5.61. The molecule has 0 bridgehead atoms. The molecule has 0 aliphatic carbocycles. The van der Waals surface area contributed by atoms with E-state index < -0.39 is 0 Å². The molecule has 1 unspecified atom stereocenters. The number of anilines is 1. The molecule has 3 aromatic rings. The van der Waals surface area contributed by atoms with E-state index in [1.54, 1.807) is 24.2 Å². The van der Waals surface area contributed by atoms with E-state index in [9.17, 15) is 4.79 Å². The first-order valence-electron chi connectivity index (χ1n) is 7.27. The highest BCUT2D eigenvalue weighted by Crippen LogP contribution is 2.27. The monoisotopic (exact) mass is 327 g/mol. The molecule has 1 atom stereocenters. The summed E-state index contributed by atoms with van der Waals surface area (Å²) in [6, 6.07) is 11.5. The van der Waals surface area contributed by atoms with Gasteiger partial charge in [0.2, 0.25) is 5.91 Å². The number of carbonyl (C=O) groups excluding carboxylic acids is 1. The molecule has 0 radical (unpaired) electrons. The second-order valence-corrected chi connectivity index (χ2v) is 6.59. The molecule has 0 saturated heterocycles. The number of aromatic nitrogens is 2. The maximum absolute atomic E-state index is 12.6. The third-order valence-electron chi connectivity index (χ3n) is 3.49. The zero-order valence-electron chi connectivity index (χ0n) is 13.2. The van der Waals surface area contributed by atoms with Crippen LogP contribution in [0.15, 0.2) is 52.2 Å². The number of hydrogen-bond donors (Lipinski definition) is 0. The lowest BCUT2D eigenvalue weighted by atomic mass is 10.2. The summed E-state index contributed by atoms with van der Waals surface area (Å²) in [4.78, 5) is 22.7. The zero-order valence-corrected chi connectivity index (χ0v) is 14.0. The maximum atomic E-state index is 12.6. The molecule has 5 nitrogen and oxygen atoms in total. The van der Waals surface area contributed by atoms with Gasteiger partial charge in [-0.15, -0.1) is 0 Å². The number of aryl methyl sites for hydroxylation is 1. The molecule has 0 saturated carbocycles. The van der Waals surface area contributed by atoms with E-state index in [2.05, 4.69) is 9.97 Å². The molecule has 23 heavy (non-hydrogen) atoms. The minimum atomic E-state index is -0.312. The fourth-order valence-corrected chi connectivity index (χ4v) is 3.08. The molecule has 2 aromatic heterocycles. The fourth-order valence-electron chi connectivity index (χ4n) is 2.24. The van der Waals surface area contributed by atoms with Gasteiger partial charge in [-0.25, -0.2) is 4.98 Å². The van der Waals surface area contributed by atoms with Crippen LogP contribution in [-0.2, 0) is 4.79 Å². The standard InChI is InChI=1S/C17H17N3O2S/c1-11-6-4-7-13(10-11)20(3)16(21)12(2)23-17-19-15-14(22-17)8-5-9-18-15/h4-10,12H,1-3H3. The van der Waals surface area contributed by atoms with Crippen LogP contribution in [0.2, 0.25) is 0 Å². The number of rotatable bonds is 4. The van der Waals surface area contributed by atoms with E-state index in [0.29, 0.717) is 16.5 Å².